The maximum atomic E-state index is 11.2. The second-order valence-electron chi connectivity index (χ2n) is 3.53. The number of aromatic nitrogens is 2. The van der Waals surface area contributed by atoms with Crippen molar-refractivity contribution in [3.05, 3.63) is 42.0 Å². The van der Waals surface area contributed by atoms with Gasteiger partial charge in [-0.1, -0.05) is 12.1 Å². The molecule has 1 N–H and O–H groups in total. The summed E-state index contributed by atoms with van der Waals surface area (Å²) in [5.74, 6) is -0.404. The first-order chi connectivity index (χ1) is 8.15. The molecule has 0 aliphatic carbocycles. The molecule has 1 aromatic heterocycles. The predicted molar refractivity (Wildman–Crippen MR) is 61.8 cm³/mol. The topological polar surface area (TPSA) is 64.4 Å². The van der Waals surface area contributed by atoms with E-state index in [-0.39, 0.29) is 5.69 Å². The molecule has 1 heterocycles. The molecule has 5 nitrogen and oxygen atoms in total. The number of hydrogen-bond acceptors (Lipinski definition) is 3. The number of benzene rings is 1. The van der Waals surface area contributed by atoms with Crippen LogP contribution < -0.4 is 4.74 Å². The van der Waals surface area contributed by atoms with Crippen molar-refractivity contribution in [1.82, 2.24) is 9.55 Å². The summed E-state index contributed by atoms with van der Waals surface area (Å²) in [6, 6.07) is 7.20. The summed E-state index contributed by atoms with van der Waals surface area (Å²) in [6.45, 7) is 1.66. The second kappa shape index (κ2) is 4.29. The number of carboxylic acid groups (broad SMARTS) is 1. The number of nitrogens with zero attached hydrogens (tertiary/aromatic N) is 2. The first kappa shape index (κ1) is 11.2. The fourth-order valence-electron chi connectivity index (χ4n) is 1.71. The van der Waals surface area contributed by atoms with Gasteiger partial charge in [-0.2, -0.15) is 0 Å². The maximum absolute atomic E-state index is 11.2. The summed E-state index contributed by atoms with van der Waals surface area (Å²) in [5.41, 5.74) is 1.28. The van der Waals surface area contributed by atoms with Gasteiger partial charge in [-0.3, -0.25) is 4.57 Å². The molecule has 0 amide bonds. The minimum atomic E-state index is -1.01. The third kappa shape index (κ3) is 1.87. The van der Waals surface area contributed by atoms with E-state index in [4.69, 9.17) is 9.84 Å². The van der Waals surface area contributed by atoms with E-state index in [1.54, 1.807) is 26.2 Å². The number of carboxylic acids is 1. The third-order valence-electron chi connectivity index (χ3n) is 2.50. The normalized spacial score (nSPS) is 10.2. The Bertz CT molecular complexity index is 561. The summed E-state index contributed by atoms with van der Waals surface area (Å²) < 4.78 is 6.71. The van der Waals surface area contributed by atoms with Gasteiger partial charge in [0.05, 0.1) is 18.5 Å². The van der Waals surface area contributed by atoms with Gasteiger partial charge in [-0.15, -0.1) is 0 Å². The second-order valence-corrected chi connectivity index (χ2v) is 3.53. The quantitative estimate of drug-likeness (QED) is 0.877. The minimum absolute atomic E-state index is 0.148. The number of imidazole rings is 1. The number of aromatic carboxylic acids is 1. The SMILES string of the molecule is COc1ccccc1-n1cnc(C)c1C(=O)O. The van der Waals surface area contributed by atoms with Gasteiger partial charge in [0.25, 0.3) is 0 Å². The van der Waals surface area contributed by atoms with Gasteiger partial charge in [0.15, 0.2) is 5.69 Å². The minimum Gasteiger partial charge on any atom is -0.495 e. The molecule has 0 saturated heterocycles. The first-order valence-electron chi connectivity index (χ1n) is 5.05. The van der Waals surface area contributed by atoms with Crippen molar-refractivity contribution in [2.45, 2.75) is 6.92 Å². The van der Waals surface area contributed by atoms with Crippen molar-refractivity contribution in [2.75, 3.05) is 7.11 Å². The van der Waals surface area contributed by atoms with Crippen molar-refractivity contribution >= 4 is 5.97 Å². The standard InChI is InChI=1S/C12H12N2O3/c1-8-11(12(15)16)14(7-13-8)9-5-3-4-6-10(9)17-2/h3-7H,1-2H3,(H,15,16). The fraction of sp³-hybridized carbons (Fsp3) is 0.167. The molecule has 0 spiro atoms. The van der Waals surface area contributed by atoms with Gasteiger partial charge >= 0.3 is 5.97 Å². The lowest BCUT2D eigenvalue weighted by Gasteiger charge is -2.10. The number of hydrogen-bond donors (Lipinski definition) is 1. The van der Waals surface area contributed by atoms with Crippen LogP contribution in [0.1, 0.15) is 16.2 Å². The third-order valence-corrected chi connectivity index (χ3v) is 2.50. The summed E-state index contributed by atoms with van der Waals surface area (Å²) >= 11 is 0. The molecule has 2 aromatic rings. The Morgan fingerprint density at radius 1 is 1.41 bits per heavy atom. The highest BCUT2D eigenvalue weighted by atomic mass is 16.5. The number of methoxy groups -OCH3 is 1. The predicted octanol–water partition coefficient (Wildman–Crippen LogP) is 1.89. The lowest BCUT2D eigenvalue weighted by molar-refractivity contribution is 0.0687. The van der Waals surface area contributed by atoms with E-state index < -0.39 is 5.97 Å². The molecule has 0 aliphatic heterocycles. The summed E-state index contributed by atoms with van der Waals surface area (Å²) in [7, 11) is 1.54. The number of rotatable bonds is 3. The van der Waals surface area contributed by atoms with E-state index >= 15 is 0 Å². The molecule has 0 radical (unpaired) electrons. The lowest BCUT2D eigenvalue weighted by atomic mass is 10.2. The van der Waals surface area contributed by atoms with Crippen LogP contribution in [0.15, 0.2) is 30.6 Å². The molecule has 0 atom stereocenters. The largest absolute Gasteiger partial charge is 0.495 e. The Hall–Kier alpha value is -2.30. The van der Waals surface area contributed by atoms with Crippen LogP contribution in [0.25, 0.3) is 5.69 Å². The van der Waals surface area contributed by atoms with Crippen LogP contribution in [0, 0.1) is 6.92 Å². The van der Waals surface area contributed by atoms with Crippen molar-refractivity contribution in [1.29, 1.82) is 0 Å². The summed E-state index contributed by atoms with van der Waals surface area (Å²) in [4.78, 5) is 15.2. The van der Waals surface area contributed by atoms with Gasteiger partial charge in [0.1, 0.15) is 12.1 Å². The molecule has 0 aliphatic rings. The average molecular weight is 232 g/mol. The van der Waals surface area contributed by atoms with E-state index in [1.165, 1.54) is 10.9 Å². The monoisotopic (exact) mass is 232 g/mol. The molecule has 2 rings (SSSR count). The molecule has 0 bridgehead atoms. The highest BCUT2D eigenvalue weighted by molar-refractivity contribution is 5.88. The molecule has 0 saturated carbocycles. The Morgan fingerprint density at radius 2 is 2.12 bits per heavy atom. The number of para-hydroxylation sites is 2. The molecule has 0 unspecified atom stereocenters. The summed E-state index contributed by atoms with van der Waals surface area (Å²) in [5, 5.41) is 9.16. The molecule has 88 valence electrons. The van der Waals surface area contributed by atoms with E-state index in [0.29, 0.717) is 17.1 Å². The average Bonchev–Trinajstić information content (AvgIpc) is 2.71. The Balaban J connectivity index is 2.65. The van der Waals surface area contributed by atoms with Crippen LogP contribution in [-0.2, 0) is 0 Å². The molecule has 17 heavy (non-hydrogen) atoms. The van der Waals surface area contributed by atoms with Crippen molar-refractivity contribution in [3.63, 3.8) is 0 Å². The van der Waals surface area contributed by atoms with Crippen molar-refractivity contribution < 1.29 is 14.6 Å². The van der Waals surface area contributed by atoms with Gasteiger partial charge in [-0.25, -0.2) is 9.78 Å². The Labute approximate surface area is 98.3 Å². The summed E-state index contributed by atoms with van der Waals surface area (Å²) in [6.07, 6.45) is 1.48. The highest BCUT2D eigenvalue weighted by Crippen LogP contribution is 2.24. The zero-order valence-corrected chi connectivity index (χ0v) is 9.54. The van der Waals surface area contributed by atoms with Crippen LogP contribution in [0.5, 0.6) is 5.75 Å². The lowest BCUT2D eigenvalue weighted by Crippen LogP contribution is -2.08. The Morgan fingerprint density at radius 3 is 2.76 bits per heavy atom. The van der Waals surface area contributed by atoms with E-state index in [1.807, 2.05) is 12.1 Å². The van der Waals surface area contributed by atoms with Gasteiger partial charge < -0.3 is 9.84 Å². The smallest absolute Gasteiger partial charge is 0.354 e. The number of aryl methyl sites for hydroxylation is 1. The molecule has 1 aromatic carbocycles. The van der Waals surface area contributed by atoms with Crippen molar-refractivity contribution in [2.24, 2.45) is 0 Å². The van der Waals surface area contributed by atoms with Gasteiger partial charge in [-0.05, 0) is 19.1 Å². The van der Waals surface area contributed by atoms with Gasteiger partial charge in [0.2, 0.25) is 0 Å². The molecular weight excluding hydrogens is 220 g/mol. The van der Waals surface area contributed by atoms with E-state index in [2.05, 4.69) is 4.98 Å². The number of carbonyl (C=O) groups is 1. The van der Waals surface area contributed by atoms with Crippen LogP contribution >= 0.6 is 0 Å². The highest BCUT2D eigenvalue weighted by Gasteiger charge is 2.17. The Kier molecular flexibility index (Phi) is 2.82. The zero-order chi connectivity index (χ0) is 12.4. The zero-order valence-electron chi connectivity index (χ0n) is 9.54. The number of ether oxygens (including phenoxy) is 1. The maximum Gasteiger partial charge on any atom is 0.354 e. The molecular formula is C12H12N2O3. The van der Waals surface area contributed by atoms with Crippen LogP contribution in [0.2, 0.25) is 0 Å². The van der Waals surface area contributed by atoms with Crippen LogP contribution in [-0.4, -0.2) is 27.7 Å². The fourth-order valence-corrected chi connectivity index (χ4v) is 1.71. The van der Waals surface area contributed by atoms with Crippen LogP contribution in [0.4, 0.5) is 0 Å². The first-order valence-corrected chi connectivity index (χ1v) is 5.05. The van der Waals surface area contributed by atoms with E-state index in [0.717, 1.165) is 0 Å². The van der Waals surface area contributed by atoms with Crippen molar-refractivity contribution in [3.8, 4) is 11.4 Å². The molecule has 0 fully saturated rings. The van der Waals surface area contributed by atoms with Crippen LogP contribution in [0.3, 0.4) is 0 Å². The van der Waals surface area contributed by atoms with Gasteiger partial charge in [0, 0.05) is 0 Å². The van der Waals surface area contributed by atoms with E-state index in [9.17, 15) is 4.79 Å². The molecule has 5 heteroatoms.